The van der Waals surface area contributed by atoms with Crippen molar-refractivity contribution in [3.05, 3.63) is 22.4 Å². The highest BCUT2D eigenvalue weighted by atomic mass is 32.2. The predicted octanol–water partition coefficient (Wildman–Crippen LogP) is 1.01. The molecule has 0 spiro atoms. The second-order valence-electron chi connectivity index (χ2n) is 6.11. The van der Waals surface area contributed by atoms with Crippen LogP contribution in [0.25, 0.3) is 0 Å². The second kappa shape index (κ2) is 6.68. The molecule has 2 aliphatic rings. The summed E-state index contributed by atoms with van der Waals surface area (Å²) in [4.78, 5) is 16.4. The number of hydrogen-bond acceptors (Lipinski definition) is 5. The summed E-state index contributed by atoms with van der Waals surface area (Å²) in [6, 6.07) is 2.23. The lowest BCUT2D eigenvalue weighted by Crippen LogP contribution is -2.52. The Labute approximate surface area is 135 Å². The monoisotopic (exact) mass is 342 g/mol. The molecular formula is C15H22N2O3S2. The highest BCUT2D eigenvalue weighted by Crippen LogP contribution is 2.19. The molecule has 1 amide bonds. The molecule has 2 saturated heterocycles. The van der Waals surface area contributed by atoms with Crippen LogP contribution < -0.4 is 0 Å². The number of amides is 1. The molecule has 1 atom stereocenters. The van der Waals surface area contributed by atoms with E-state index in [1.54, 1.807) is 11.3 Å². The third-order valence-corrected chi connectivity index (χ3v) is 7.08. The Morgan fingerprint density at radius 1 is 1.27 bits per heavy atom. The lowest BCUT2D eigenvalue weighted by atomic mass is 10.1. The number of piperazine rings is 1. The minimum absolute atomic E-state index is 0.160. The third kappa shape index (κ3) is 3.88. The molecule has 22 heavy (non-hydrogen) atoms. The van der Waals surface area contributed by atoms with E-state index in [0.717, 1.165) is 39.0 Å². The summed E-state index contributed by atoms with van der Waals surface area (Å²) < 4.78 is 23.1. The summed E-state index contributed by atoms with van der Waals surface area (Å²) in [5.74, 6) is 0.821. The maximum absolute atomic E-state index is 12.2. The number of carbonyl (C=O) groups excluding carboxylic acids is 1. The van der Waals surface area contributed by atoms with Crippen molar-refractivity contribution < 1.29 is 13.2 Å². The zero-order valence-electron chi connectivity index (χ0n) is 12.6. The molecule has 0 aliphatic carbocycles. The van der Waals surface area contributed by atoms with Crippen molar-refractivity contribution >= 4 is 27.1 Å². The van der Waals surface area contributed by atoms with E-state index in [1.807, 2.05) is 10.3 Å². The molecule has 0 bridgehead atoms. The maximum Gasteiger partial charge on any atom is 0.222 e. The van der Waals surface area contributed by atoms with E-state index in [2.05, 4.69) is 16.3 Å². The summed E-state index contributed by atoms with van der Waals surface area (Å²) >= 11 is 1.66. The fourth-order valence-corrected chi connectivity index (χ4v) is 5.71. The minimum Gasteiger partial charge on any atom is -0.340 e. The molecule has 0 N–H and O–H groups in total. The average Bonchev–Trinajstić information content (AvgIpc) is 3.14. The van der Waals surface area contributed by atoms with Gasteiger partial charge in [-0.15, -0.1) is 0 Å². The molecule has 122 valence electrons. The first-order valence-corrected chi connectivity index (χ1v) is 10.5. The number of hydrogen-bond donors (Lipinski definition) is 0. The van der Waals surface area contributed by atoms with E-state index >= 15 is 0 Å². The Bertz CT molecular complexity index is 605. The number of sulfone groups is 1. The number of nitrogens with zero attached hydrogens (tertiary/aromatic N) is 2. The van der Waals surface area contributed by atoms with Gasteiger partial charge >= 0.3 is 0 Å². The van der Waals surface area contributed by atoms with Gasteiger partial charge in [0, 0.05) is 38.6 Å². The predicted molar refractivity (Wildman–Crippen MR) is 87.9 cm³/mol. The van der Waals surface area contributed by atoms with Gasteiger partial charge in [-0.05, 0) is 35.2 Å². The van der Waals surface area contributed by atoms with Gasteiger partial charge in [0.15, 0.2) is 9.84 Å². The summed E-state index contributed by atoms with van der Waals surface area (Å²) in [5.41, 5.74) is 1.23. The highest BCUT2D eigenvalue weighted by molar-refractivity contribution is 7.91. The van der Waals surface area contributed by atoms with Crippen LogP contribution in [0.4, 0.5) is 0 Å². The SMILES string of the molecule is O=C(CCc1ccsc1)N1CCN([C@@H]2CCS(=O)(=O)C2)CC1. The zero-order chi connectivity index (χ0) is 15.6. The first kappa shape index (κ1) is 16.0. The largest absolute Gasteiger partial charge is 0.340 e. The van der Waals surface area contributed by atoms with Crippen LogP contribution in [0.2, 0.25) is 0 Å². The number of rotatable bonds is 4. The van der Waals surface area contributed by atoms with E-state index in [1.165, 1.54) is 5.56 Å². The van der Waals surface area contributed by atoms with Crippen LogP contribution in [-0.4, -0.2) is 67.9 Å². The molecule has 0 radical (unpaired) electrons. The fourth-order valence-electron chi connectivity index (χ4n) is 3.24. The van der Waals surface area contributed by atoms with Gasteiger partial charge in [-0.1, -0.05) is 0 Å². The Morgan fingerprint density at radius 2 is 2.05 bits per heavy atom. The first-order chi connectivity index (χ1) is 10.5. The lowest BCUT2D eigenvalue weighted by Gasteiger charge is -2.37. The molecule has 2 fully saturated rings. The fraction of sp³-hybridized carbons (Fsp3) is 0.667. The molecule has 3 heterocycles. The van der Waals surface area contributed by atoms with E-state index in [0.29, 0.717) is 17.9 Å². The summed E-state index contributed by atoms with van der Waals surface area (Å²) in [6.07, 6.45) is 2.12. The lowest BCUT2D eigenvalue weighted by molar-refractivity contribution is -0.133. The number of thiophene rings is 1. The second-order valence-corrected chi connectivity index (χ2v) is 9.11. The highest BCUT2D eigenvalue weighted by Gasteiger charge is 2.34. The standard InChI is InChI=1S/C15H22N2O3S2/c18-15(2-1-13-3-9-21-11-13)17-7-5-16(6-8-17)14-4-10-22(19,20)12-14/h3,9,11,14H,1-2,4-8,10,12H2/t14-/m1/s1. The molecule has 0 unspecified atom stereocenters. The van der Waals surface area contributed by atoms with Crippen molar-refractivity contribution in [1.82, 2.24) is 9.80 Å². The van der Waals surface area contributed by atoms with E-state index in [4.69, 9.17) is 0 Å². The van der Waals surface area contributed by atoms with Crippen molar-refractivity contribution in [3.63, 3.8) is 0 Å². The first-order valence-electron chi connectivity index (χ1n) is 7.77. The van der Waals surface area contributed by atoms with Crippen LogP contribution in [0.1, 0.15) is 18.4 Å². The van der Waals surface area contributed by atoms with Gasteiger partial charge in [-0.25, -0.2) is 8.42 Å². The average molecular weight is 342 g/mol. The molecule has 7 heteroatoms. The molecule has 5 nitrogen and oxygen atoms in total. The van der Waals surface area contributed by atoms with Crippen LogP contribution in [0.5, 0.6) is 0 Å². The van der Waals surface area contributed by atoms with Gasteiger partial charge in [-0.3, -0.25) is 9.69 Å². The van der Waals surface area contributed by atoms with Crippen molar-refractivity contribution in [2.24, 2.45) is 0 Å². The van der Waals surface area contributed by atoms with Gasteiger partial charge in [0.2, 0.25) is 5.91 Å². The van der Waals surface area contributed by atoms with Gasteiger partial charge in [0.1, 0.15) is 0 Å². The summed E-state index contributed by atoms with van der Waals surface area (Å²) in [6.45, 7) is 3.03. The third-order valence-electron chi connectivity index (χ3n) is 4.60. The van der Waals surface area contributed by atoms with E-state index in [-0.39, 0.29) is 11.9 Å². The van der Waals surface area contributed by atoms with E-state index < -0.39 is 9.84 Å². The Balaban J connectivity index is 1.44. The normalized spacial score (nSPS) is 25.5. The van der Waals surface area contributed by atoms with Crippen LogP contribution in [0, 0.1) is 0 Å². The topological polar surface area (TPSA) is 57.7 Å². The van der Waals surface area contributed by atoms with Crippen LogP contribution in [-0.2, 0) is 21.1 Å². The number of aryl methyl sites for hydroxylation is 1. The van der Waals surface area contributed by atoms with Gasteiger partial charge in [0.25, 0.3) is 0 Å². The quantitative estimate of drug-likeness (QED) is 0.819. The van der Waals surface area contributed by atoms with Gasteiger partial charge in [0.05, 0.1) is 11.5 Å². The molecular weight excluding hydrogens is 320 g/mol. The van der Waals surface area contributed by atoms with E-state index in [9.17, 15) is 13.2 Å². The molecule has 2 aliphatic heterocycles. The summed E-state index contributed by atoms with van der Waals surface area (Å²) in [7, 11) is -2.83. The Hall–Kier alpha value is -0.920. The minimum atomic E-state index is -2.83. The molecule has 0 saturated carbocycles. The smallest absolute Gasteiger partial charge is 0.222 e. The van der Waals surface area contributed by atoms with Crippen LogP contribution in [0.3, 0.4) is 0 Å². The van der Waals surface area contributed by atoms with Gasteiger partial charge in [-0.2, -0.15) is 11.3 Å². The maximum atomic E-state index is 12.2. The molecule has 0 aromatic carbocycles. The van der Waals surface area contributed by atoms with Crippen molar-refractivity contribution in [3.8, 4) is 0 Å². The van der Waals surface area contributed by atoms with Gasteiger partial charge < -0.3 is 4.90 Å². The van der Waals surface area contributed by atoms with Crippen LogP contribution >= 0.6 is 11.3 Å². The number of carbonyl (C=O) groups is 1. The molecule has 1 aromatic heterocycles. The molecule has 1 aromatic rings. The Morgan fingerprint density at radius 3 is 2.64 bits per heavy atom. The Kier molecular flexibility index (Phi) is 4.84. The van der Waals surface area contributed by atoms with Crippen LogP contribution in [0.15, 0.2) is 16.8 Å². The van der Waals surface area contributed by atoms with Crippen molar-refractivity contribution in [2.45, 2.75) is 25.3 Å². The summed E-state index contributed by atoms with van der Waals surface area (Å²) in [5, 5.41) is 4.12. The molecule has 3 rings (SSSR count). The van der Waals surface area contributed by atoms with Crippen molar-refractivity contribution in [2.75, 3.05) is 37.7 Å². The van der Waals surface area contributed by atoms with Crippen molar-refractivity contribution in [1.29, 1.82) is 0 Å². The zero-order valence-corrected chi connectivity index (χ0v) is 14.2.